The smallest absolute Gasteiger partial charge is 0.399 e. The molecule has 1 aliphatic rings. The van der Waals surface area contributed by atoms with Gasteiger partial charge in [-0.2, -0.15) is 0 Å². The average molecular weight is 399 g/mol. The Morgan fingerprint density at radius 3 is 1.80 bits per heavy atom. The molecular weight excluding hydrogens is 360 g/mol. The molecule has 9 heteroatoms. The van der Waals surface area contributed by atoms with Crippen LogP contribution in [0.5, 0.6) is 0 Å². The summed E-state index contributed by atoms with van der Waals surface area (Å²) in [6.45, 7) is 15.6. The van der Waals surface area contributed by atoms with E-state index in [0.717, 1.165) is 32.3 Å². The summed E-state index contributed by atoms with van der Waals surface area (Å²) in [6.07, 6.45) is 1.23. The van der Waals surface area contributed by atoms with Gasteiger partial charge in [-0.05, 0) is 41.0 Å². The van der Waals surface area contributed by atoms with E-state index in [1.54, 1.807) is 0 Å². The summed E-state index contributed by atoms with van der Waals surface area (Å²) in [5.74, 6) is 0. The minimum atomic E-state index is -2.47. The Hall–Kier alpha value is 0.154. The van der Waals surface area contributed by atoms with E-state index < -0.39 is 18.8 Å². The lowest BCUT2D eigenvalue weighted by molar-refractivity contribution is 0.0648. The fourth-order valence-electron chi connectivity index (χ4n) is 2.00. The molecule has 7 nitrogen and oxygen atoms in total. The third kappa shape index (κ3) is 15.0. The van der Waals surface area contributed by atoms with Crippen LogP contribution >= 0.6 is 0 Å². The Kier molecular flexibility index (Phi) is 17.7. The highest BCUT2D eigenvalue weighted by Crippen LogP contribution is 2.18. The van der Waals surface area contributed by atoms with E-state index >= 15 is 0 Å². The van der Waals surface area contributed by atoms with Crippen molar-refractivity contribution in [3.05, 3.63) is 0 Å². The second-order valence-corrected chi connectivity index (χ2v) is 9.00. The fraction of sp³-hybridized carbons (Fsp3) is 1.00. The highest BCUT2D eigenvalue weighted by Gasteiger charge is 2.39. The fourth-order valence-corrected chi connectivity index (χ4v) is 5.03. The number of rotatable bonds is 16. The Bertz CT molecular complexity index is 260. The van der Waals surface area contributed by atoms with Crippen molar-refractivity contribution in [1.82, 2.24) is 0 Å². The lowest BCUT2D eigenvalue weighted by atomic mass is 10.5. The maximum Gasteiger partial charge on any atom is 0.501 e. The molecule has 0 radical (unpaired) electrons. The van der Waals surface area contributed by atoms with Crippen LogP contribution in [0, 0.1) is 0 Å². The molecule has 0 N–H and O–H groups in total. The van der Waals surface area contributed by atoms with Gasteiger partial charge in [0.1, 0.15) is 6.10 Å². The monoisotopic (exact) mass is 398 g/mol. The number of hydrogen-bond acceptors (Lipinski definition) is 7. The topological polar surface area (TPSA) is 67.9 Å². The zero-order valence-corrected chi connectivity index (χ0v) is 19.1. The second kappa shape index (κ2) is 17.6. The molecule has 1 atom stereocenters. The quantitative estimate of drug-likeness (QED) is 0.223. The second-order valence-electron chi connectivity index (χ2n) is 5.22. The van der Waals surface area contributed by atoms with Gasteiger partial charge in [0.15, 0.2) is 0 Å². The molecule has 1 rings (SSSR count). The van der Waals surface area contributed by atoms with Crippen LogP contribution in [0.4, 0.5) is 0 Å². The van der Waals surface area contributed by atoms with Crippen LogP contribution in [0.2, 0.25) is 6.04 Å². The molecule has 0 aromatic carbocycles. The van der Waals surface area contributed by atoms with Crippen LogP contribution < -0.4 is 0 Å². The molecule has 1 saturated heterocycles. The Morgan fingerprint density at radius 1 is 0.880 bits per heavy atom. The number of epoxide rings is 1. The van der Waals surface area contributed by atoms with E-state index in [2.05, 4.69) is 0 Å². The Labute approximate surface area is 157 Å². The first kappa shape index (κ1) is 25.2. The van der Waals surface area contributed by atoms with Gasteiger partial charge in [0.2, 0.25) is 0 Å². The third-order valence-electron chi connectivity index (χ3n) is 3.15. The van der Waals surface area contributed by atoms with Gasteiger partial charge in [0.05, 0.1) is 13.2 Å². The summed E-state index contributed by atoms with van der Waals surface area (Å²) in [6, 6.07) is 0.814. The first-order valence-corrected chi connectivity index (χ1v) is 12.5. The standard InChI is InChI=1S/C12H26O5Si.C4H12O2Si/c1-4-15-18(16-5-2,17-6-3)9-7-8-13-10-12-11-14-12;1-3-5-7-6-4-2/h12H,4-11H2,1-3H3;3-4,7H2,1-2H3. The minimum Gasteiger partial charge on any atom is -0.399 e. The first-order valence-electron chi connectivity index (χ1n) is 9.44. The summed E-state index contributed by atoms with van der Waals surface area (Å²) in [4.78, 5) is 0. The average Bonchev–Trinajstić information content (AvgIpc) is 3.41. The van der Waals surface area contributed by atoms with Crippen molar-refractivity contribution >= 4 is 18.8 Å². The van der Waals surface area contributed by atoms with E-state index in [0.29, 0.717) is 39.1 Å². The van der Waals surface area contributed by atoms with E-state index in [9.17, 15) is 0 Å². The molecular formula is C16H38O7Si2. The molecule has 0 aromatic heterocycles. The van der Waals surface area contributed by atoms with E-state index in [-0.39, 0.29) is 0 Å². The molecule has 1 fully saturated rings. The van der Waals surface area contributed by atoms with Gasteiger partial charge in [0.25, 0.3) is 0 Å². The van der Waals surface area contributed by atoms with E-state index in [1.165, 1.54) is 0 Å². The lowest BCUT2D eigenvalue weighted by Gasteiger charge is -2.28. The molecule has 1 aliphatic heterocycles. The van der Waals surface area contributed by atoms with Gasteiger partial charge >= 0.3 is 18.8 Å². The highest BCUT2D eigenvalue weighted by atomic mass is 28.4. The molecule has 0 saturated carbocycles. The van der Waals surface area contributed by atoms with Crippen molar-refractivity contribution in [2.24, 2.45) is 0 Å². The van der Waals surface area contributed by atoms with Crippen LogP contribution in [0.15, 0.2) is 0 Å². The summed E-state index contributed by atoms with van der Waals surface area (Å²) < 4.78 is 37.9. The summed E-state index contributed by atoms with van der Waals surface area (Å²) in [5, 5.41) is 0. The normalized spacial score (nSPS) is 16.4. The molecule has 0 spiro atoms. The zero-order chi connectivity index (χ0) is 18.8. The SMILES string of the molecule is CCO[SiH2]OCC.CCO[Si](CCCOCC1CO1)(OCC)OCC. The van der Waals surface area contributed by atoms with Crippen LogP contribution in [0.25, 0.3) is 0 Å². The molecule has 152 valence electrons. The van der Waals surface area contributed by atoms with Crippen LogP contribution in [0.1, 0.15) is 41.0 Å². The summed E-state index contributed by atoms with van der Waals surface area (Å²) in [5.41, 5.74) is 0. The van der Waals surface area contributed by atoms with Gasteiger partial charge < -0.3 is 31.6 Å². The van der Waals surface area contributed by atoms with Crippen LogP contribution in [-0.4, -0.2) is 77.8 Å². The molecule has 0 aromatic rings. The van der Waals surface area contributed by atoms with Gasteiger partial charge in [-0.1, -0.05) is 0 Å². The molecule has 0 amide bonds. The van der Waals surface area contributed by atoms with Crippen LogP contribution in [-0.2, 0) is 31.6 Å². The van der Waals surface area contributed by atoms with Crippen molar-refractivity contribution in [3.63, 3.8) is 0 Å². The predicted molar refractivity (Wildman–Crippen MR) is 102 cm³/mol. The minimum absolute atomic E-state index is 0.331. The van der Waals surface area contributed by atoms with Gasteiger partial charge in [-0.25, -0.2) is 0 Å². The Morgan fingerprint density at radius 2 is 1.40 bits per heavy atom. The lowest BCUT2D eigenvalue weighted by Crippen LogP contribution is -2.46. The number of hydrogen-bond donors (Lipinski definition) is 0. The summed E-state index contributed by atoms with van der Waals surface area (Å²) in [7, 11) is -3.06. The molecule has 0 aliphatic carbocycles. The maximum absolute atomic E-state index is 5.76. The van der Waals surface area contributed by atoms with E-state index in [4.69, 9.17) is 31.6 Å². The molecule has 25 heavy (non-hydrogen) atoms. The predicted octanol–water partition coefficient (Wildman–Crippen LogP) is 1.90. The summed E-state index contributed by atoms with van der Waals surface area (Å²) >= 11 is 0. The Balaban J connectivity index is 0.000000697. The number of ether oxygens (including phenoxy) is 2. The first-order chi connectivity index (χ1) is 12.2. The molecule has 1 unspecified atom stereocenters. The maximum atomic E-state index is 5.76. The third-order valence-corrected chi connectivity index (χ3v) is 7.45. The van der Waals surface area contributed by atoms with Crippen molar-refractivity contribution in [2.45, 2.75) is 53.2 Å². The van der Waals surface area contributed by atoms with Crippen molar-refractivity contribution in [1.29, 1.82) is 0 Å². The van der Waals surface area contributed by atoms with Crippen molar-refractivity contribution < 1.29 is 31.6 Å². The van der Waals surface area contributed by atoms with Gasteiger partial charge in [0, 0.05) is 45.7 Å². The zero-order valence-electron chi connectivity index (χ0n) is 16.7. The molecule has 0 bridgehead atoms. The van der Waals surface area contributed by atoms with Crippen molar-refractivity contribution in [2.75, 3.05) is 52.9 Å². The van der Waals surface area contributed by atoms with E-state index in [1.807, 2.05) is 34.6 Å². The van der Waals surface area contributed by atoms with Crippen LogP contribution in [0.3, 0.4) is 0 Å². The molecule has 1 heterocycles. The van der Waals surface area contributed by atoms with Gasteiger partial charge in [-0.3, -0.25) is 0 Å². The van der Waals surface area contributed by atoms with Crippen molar-refractivity contribution in [3.8, 4) is 0 Å². The largest absolute Gasteiger partial charge is 0.501 e. The van der Waals surface area contributed by atoms with Gasteiger partial charge in [-0.15, -0.1) is 0 Å². The highest BCUT2D eigenvalue weighted by molar-refractivity contribution is 6.60.